The number of aromatic amines is 1. The second-order valence-corrected chi connectivity index (χ2v) is 5.37. The van der Waals surface area contributed by atoms with Crippen molar-refractivity contribution >= 4 is 0 Å². The predicted molar refractivity (Wildman–Crippen MR) is 92.0 cm³/mol. The third-order valence-electron chi connectivity index (χ3n) is 3.75. The molecule has 3 aromatic rings. The van der Waals surface area contributed by atoms with E-state index in [0.717, 1.165) is 5.56 Å². The molecule has 1 aromatic heterocycles. The number of hydrogen-bond donors (Lipinski definition) is 2. The molecule has 130 valence electrons. The molecule has 0 saturated carbocycles. The molecule has 6 nitrogen and oxygen atoms in total. The summed E-state index contributed by atoms with van der Waals surface area (Å²) in [6.45, 7) is 2.45. The van der Waals surface area contributed by atoms with Crippen LogP contribution in [0.3, 0.4) is 0 Å². The molecular formula is C18H19FN4O2. The van der Waals surface area contributed by atoms with E-state index in [4.69, 9.17) is 15.2 Å². The molecule has 0 bridgehead atoms. The smallest absolute Gasteiger partial charge is 0.181 e. The first-order chi connectivity index (χ1) is 12.1. The first-order valence-electron chi connectivity index (χ1n) is 7.87. The van der Waals surface area contributed by atoms with Crippen LogP contribution in [0.5, 0.6) is 11.5 Å². The highest BCUT2D eigenvalue weighted by atomic mass is 19.1. The Hall–Kier alpha value is -2.93. The summed E-state index contributed by atoms with van der Waals surface area (Å²) in [6, 6.07) is 10.9. The fraction of sp³-hybridized carbons (Fsp3) is 0.222. The second kappa shape index (κ2) is 7.31. The molecule has 0 saturated heterocycles. The third kappa shape index (κ3) is 3.61. The number of ether oxygens (including phenoxy) is 2. The summed E-state index contributed by atoms with van der Waals surface area (Å²) in [5.41, 5.74) is 7.81. The third-order valence-corrected chi connectivity index (χ3v) is 3.75. The van der Waals surface area contributed by atoms with E-state index in [9.17, 15) is 4.39 Å². The van der Waals surface area contributed by atoms with Crippen molar-refractivity contribution in [1.29, 1.82) is 0 Å². The molecule has 3 rings (SSSR count). The molecule has 1 atom stereocenters. The van der Waals surface area contributed by atoms with Crippen molar-refractivity contribution in [3.05, 3.63) is 59.7 Å². The molecule has 0 spiro atoms. The summed E-state index contributed by atoms with van der Waals surface area (Å²) in [4.78, 5) is 4.41. The summed E-state index contributed by atoms with van der Waals surface area (Å²) >= 11 is 0. The molecule has 1 heterocycles. The number of nitrogens with zero attached hydrogens (tertiary/aromatic N) is 2. The van der Waals surface area contributed by atoms with E-state index in [1.165, 1.54) is 12.1 Å². The molecule has 0 aliphatic heterocycles. The van der Waals surface area contributed by atoms with E-state index >= 15 is 0 Å². The van der Waals surface area contributed by atoms with E-state index < -0.39 is 6.04 Å². The molecule has 25 heavy (non-hydrogen) atoms. The van der Waals surface area contributed by atoms with E-state index in [1.807, 2.05) is 25.1 Å². The van der Waals surface area contributed by atoms with Crippen LogP contribution in [0, 0.1) is 5.82 Å². The minimum absolute atomic E-state index is 0.308. The van der Waals surface area contributed by atoms with Crippen LogP contribution in [0.1, 0.15) is 24.4 Å². The van der Waals surface area contributed by atoms with Crippen molar-refractivity contribution in [3.63, 3.8) is 0 Å². The molecule has 0 aliphatic rings. The van der Waals surface area contributed by atoms with Gasteiger partial charge in [-0.15, -0.1) is 0 Å². The summed E-state index contributed by atoms with van der Waals surface area (Å²) in [5, 5.41) is 7.00. The zero-order chi connectivity index (χ0) is 17.8. The molecule has 0 unspecified atom stereocenters. The molecule has 0 radical (unpaired) electrons. The Labute approximate surface area is 144 Å². The highest BCUT2D eigenvalue weighted by Gasteiger charge is 2.17. The lowest BCUT2D eigenvalue weighted by Gasteiger charge is -2.13. The van der Waals surface area contributed by atoms with Crippen LogP contribution in [0.15, 0.2) is 42.5 Å². The Balaban J connectivity index is 1.86. The number of aromatic nitrogens is 3. The van der Waals surface area contributed by atoms with Crippen LogP contribution in [0.25, 0.3) is 11.4 Å². The normalized spacial score (nSPS) is 12.0. The number of rotatable bonds is 6. The van der Waals surface area contributed by atoms with Gasteiger partial charge in [0.25, 0.3) is 0 Å². The Morgan fingerprint density at radius 2 is 1.92 bits per heavy atom. The van der Waals surface area contributed by atoms with Gasteiger partial charge in [-0.1, -0.05) is 6.07 Å². The Morgan fingerprint density at radius 1 is 1.16 bits per heavy atom. The number of benzene rings is 2. The lowest BCUT2D eigenvalue weighted by atomic mass is 10.1. The maximum Gasteiger partial charge on any atom is 0.181 e. The van der Waals surface area contributed by atoms with E-state index in [-0.39, 0.29) is 5.82 Å². The van der Waals surface area contributed by atoms with Gasteiger partial charge >= 0.3 is 0 Å². The van der Waals surface area contributed by atoms with Crippen molar-refractivity contribution in [2.24, 2.45) is 5.73 Å². The number of methoxy groups -OCH3 is 1. The lowest BCUT2D eigenvalue weighted by Crippen LogP contribution is -2.14. The van der Waals surface area contributed by atoms with Crippen molar-refractivity contribution in [3.8, 4) is 22.9 Å². The molecule has 3 N–H and O–H groups in total. The van der Waals surface area contributed by atoms with Gasteiger partial charge in [-0.2, -0.15) is 5.10 Å². The zero-order valence-electron chi connectivity index (χ0n) is 14.0. The molecule has 0 amide bonds. The van der Waals surface area contributed by atoms with Gasteiger partial charge < -0.3 is 15.2 Å². The minimum Gasteiger partial charge on any atom is -0.493 e. The maximum absolute atomic E-state index is 13.0. The summed E-state index contributed by atoms with van der Waals surface area (Å²) < 4.78 is 23.9. The fourth-order valence-corrected chi connectivity index (χ4v) is 2.45. The molecule has 7 heteroatoms. The zero-order valence-corrected chi connectivity index (χ0v) is 14.0. The Bertz CT molecular complexity index is 849. The topological polar surface area (TPSA) is 86.0 Å². The number of H-pyrrole nitrogens is 1. The summed E-state index contributed by atoms with van der Waals surface area (Å²) in [5.74, 6) is 1.92. The van der Waals surface area contributed by atoms with Gasteiger partial charge in [-0.3, -0.25) is 5.10 Å². The van der Waals surface area contributed by atoms with Crippen LogP contribution in [-0.4, -0.2) is 28.9 Å². The van der Waals surface area contributed by atoms with Crippen molar-refractivity contribution in [2.45, 2.75) is 13.0 Å². The lowest BCUT2D eigenvalue weighted by molar-refractivity contribution is 0.310. The van der Waals surface area contributed by atoms with Crippen molar-refractivity contribution in [2.75, 3.05) is 13.7 Å². The molecular weight excluding hydrogens is 323 g/mol. The van der Waals surface area contributed by atoms with Crippen molar-refractivity contribution < 1.29 is 13.9 Å². The van der Waals surface area contributed by atoms with Gasteiger partial charge in [-0.05, 0) is 48.9 Å². The summed E-state index contributed by atoms with van der Waals surface area (Å²) in [7, 11) is 1.58. The number of nitrogens with two attached hydrogens (primary N) is 1. The highest BCUT2D eigenvalue weighted by molar-refractivity contribution is 5.54. The average molecular weight is 342 g/mol. The van der Waals surface area contributed by atoms with E-state index in [1.54, 1.807) is 19.2 Å². The molecule has 0 fully saturated rings. The fourth-order valence-electron chi connectivity index (χ4n) is 2.45. The van der Waals surface area contributed by atoms with E-state index in [2.05, 4.69) is 15.2 Å². The summed E-state index contributed by atoms with van der Waals surface area (Å²) in [6.07, 6.45) is 0. The Morgan fingerprint density at radius 3 is 2.60 bits per heavy atom. The predicted octanol–water partition coefficient (Wildman–Crippen LogP) is 3.07. The van der Waals surface area contributed by atoms with Crippen LogP contribution in [0.4, 0.5) is 4.39 Å². The number of hydrogen-bond acceptors (Lipinski definition) is 5. The molecule has 2 aromatic carbocycles. The van der Waals surface area contributed by atoms with Gasteiger partial charge in [0.1, 0.15) is 11.6 Å². The van der Waals surface area contributed by atoms with Gasteiger partial charge in [0.05, 0.1) is 19.8 Å². The van der Waals surface area contributed by atoms with E-state index in [0.29, 0.717) is 35.3 Å². The SMILES string of the molecule is CCOc1ccc([C@H](N)c2nc(-c3ccc(F)cc3)n[nH]2)cc1OC. The second-order valence-electron chi connectivity index (χ2n) is 5.37. The number of halogens is 1. The largest absolute Gasteiger partial charge is 0.493 e. The first-order valence-corrected chi connectivity index (χ1v) is 7.87. The highest BCUT2D eigenvalue weighted by Crippen LogP contribution is 2.31. The standard InChI is InChI=1S/C18H19FN4O2/c1-3-25-14-9-6-12(10-15(14)24-2)16(20)18-21-17(22-23-18)11-4-7-13(19)8-5-11/h4-10,16H,3,20H2,1-2H3,(H,21,22,23)/t16-/m0/s1. The monoisotopic (exact) mass is 342 g/mol. The van der Waals surface area contributed by atoms with Crippen molar-refractivity contribution in [1.82, 2.24) is 15.2 Å². The Kier molecular flexibility index (Phi) is 4.95. The van der Waals surface area contributed by atoms with Gasteiger partial charge in [0, 0.05) is 5.56 Å². The average Bonchev–Trinajstić information content (AvgIpc) is 3.12. The first kappa shape index (κ1) is 16.9. The molecule has 0 aliphatic carbocycles. The van der Waals surface area contributed by atoms with Crippen LogP contribution in [-0.2, 0) is 0 Å². The minimum atomic E-state index is -0.508. The van der Waals surface area contributed by atoms with Gasteiger partial charge in [-0.25, -0.2) is 9.37 Å². The van der Waals surface area contributed by atoms with Gasteiger partial charge in [0.2, 0.25) is 0 Å². The van der Waals surface area contributed by atoms with Crippen LogP contribution in [0.2, 0.25) is 0 Å². The van der Waals surface area contributed by atoms with Crippen LogP contribution < -0.4 is 15.2 Å². The quantitative estimate of drug-likeness (QED) is 0.719. The maximum atomic E-state index is 13.0. The van der Waals surface area contributed by atoms with Gasteiger partial charge in [0.15, 0.2) is 17.3 Å². The van der Waals surface area contributed by atoms with Crippen LogP contribution >= 0.6 is 0 Å². The number of nitrogens with one attached hydrogen (secondary N) is 1.